The van der Waals surface area contributed by atoms with Gasteiger partial charge in [0.25, 0.3) is 0 Å². The Labute approximate surface area is 84.6 Å². The molecule has 1 aliphatic carbocycles. The van der Waals surface area contributed by atoms with Crippen LogP contribution in [-0.2, 0) is 9.53 Å². The minimum Gasteiger partial charge on any atom is -0.469 e. The van der Waals surface area contributed by atoms with Crippen molar-refractivity contribution in [1.29, 1.82) is 0 Å². The van der Waals surface area contributed by atoms with E-state index in [4.69, 9.17) is 0 Å². The van der Waals surface area contributed by atoms with E-state index in [1.54, 1.807) is 0 Å². The molecule has 1 saturated carbocycles. The van der Waals surface area contributed by atoms with Crippen LogP contribution in [0.3, 0.4) is 0 Å². The Morgan fingerprint density at radius 1 is 1.57 bits per heavy atom. The molecule has 0 heterocycles. The number of carbonyl (C=O) groups is 1. The fourth-order valence-corrected chi connectivity index (χ4v) is 1.38. The maximum Gasteiger partial charge on any atom is 0.309 e. The summed E-state index contributed by atoms with van der Waals surface area (Å²) < 4.78 is 4.59. The number of esters is 1. The quantitative estimate of drug-likeness (QED) is 0.601. The number of ether oxygens (including phenoxy) is 1. The van der Waals surface area contributed by atoms with Crippen LogP contribution in [-0.4, -0.2) is 37.4 Å². The van der Waals surface area contributed by atoms with Crippen LogP contribution in [0.5, 0.6) is 0 Å². The molecule has 0 amide bonds. The molecule has 82 valence electrons. The van der Waals surface area contributed by atoms with E-state index in [1.807, 2.05) is 6.92 Å². The summed E-state index contributed by atoms with van der Waals surface area (Å²) in [5, 5.41) is 12.6. The molecule has 1 fully saturated rings. The standard InChI is InChI=1S/C10H19NO3/c1-7(10(13)14-2)5-11-6-9(12)8-3-4-8/h7-9,11-12H,3-6H2,1-2H3. The van der Waals surface area contributed by atoms with Gasteiger partial charge in [-0.1, -0.05) is 6.92 Å². The summed E-state index contributed by atoms with van der Waals surface area (Å²) in [6.07, 6.45) is 2.02. The van der Waals surface area contributed by atoms with Gasteiger partial charge in [0.15, 0.2) is 0 Å². The third-order valence-electron chi connectivity index (χ3n) is 2.57. The van der Waals surface area contributed by atoms with E-state index in [2.05, 4.69) is 10.1 Å². The van der Waals surface area contributed by atoms with E-state index >= 15 is 0 Å². The highest BCUT2D eigenvalue weighted by molar-refractivity contribution is 5.71. The average Bonchev–Trinajstić information content (AvgIpc) is 2.99. The first-order valence-corrected chi connectivity index (χ1v) is 5.11. The minimum absolute atomic E-state index is 0.147. The van der Waals surface area contributed by atoms with Crippen molar-refractivity contribution in [3.63, 3.8) is 0 Å². The number of carbonyl (C=O) groups excluding carboxylic acids is 1. The van der Waals surface area contributed by atoms with E-state index in [-0.39, 0.29) is 18.0 Å². The second-order valence-electron chi connectivity index (χ2n) is 3.99. The van der Waals surface area contributed by atoms with Crippen LogP contribution in [0.2, 0.25) is 0 Å². The molecule has 0 bridgehead atoms. The van der Waals surface area contributed by atoms with Gasteiger partial charge in [0, 0.05) is 13.1 Å². The highest BCUT2D eigenvalue weighted by Crippen LogP contribution is 2.32. The van der Waals surface area contributed by atoms with E-state index < -0.39 is 0 Å². The molecule has 4 heteroatoms. The number of hydrogen-bond donors (Lipinski definition) is 2. The molecule has 2 unspecified atom stereocenters. The van der Waals surface area contributed by atoms with Gasteiger partial charge in [-0.15, -0.1) is 0 Å². The maximum absolute atomic E-state index is 11.0. The van der Waals surface area contributed by atoms with Gasteiger partial charge in [-0.2, -0.15) is 0 Å². The number of methoxy groups -OCH3 is 1. The van der Waals surface area contributed by atoms with Gasteiger partial charge in [-0.25, -0.2) is 0 Å². The number of nitrogens with one attached hydrogen (secondary N) is 1. The third-order valence-corrected chi connectivity index (χ3v) is 2.57. The van der Waals surface area contributed by atoms with Gasteiger partial charge in [0.05, 0.1) is 19.1 Å². The first kappa shape index (κ1) is 11.5. The number of aliphatic hydroxyl groups excluding tert-OH is 1. The monoisotopic (exact) mass is 201 g/mol. The molecule has 2 atom stereocenters. The van der Waals surface area contributed by atoms with Crippen molar-refractivity contribution in [1.82, 2.24) is 5.32 Å². The molecule has 0 radical (unpaired) electrons. The Kier molecular flexibility index (Phi) is 4.35. The molecule has 14 heavy (non-hydrogen) atoms. The predicted octanol–water partition coefficient (Wildman–Crippen LogP) is 0.156. The van der Waals surface area contributed by atoms with Crippen LogP contribution in [0.15, 0.2) is 0 Å². The van der Waals surface area contributed by atoms with Crippen LogP contribution in [0, 0.1) is 11.8 Å². The van der Waals surface area contributed by atoms with Crippen molar-refractivity contribution in [3.8, 4) is 0 Å². The summed E-state index contributed by atoms with van der Waals surface area (Å²) >= 11 is 0. The lowest BCUT2D eigenvalue weighted by Crippen LogP contribution is -2.33. The Morgan fingerprint density at radius 2 is 2.21 bits per heavy atom. The van der Waals surface area contributed by atoms with Gasteiger partial charge in [0.1, 0.15) is 0 Å². The van der Waals surface area contributed by atoms with Crippen molar-refractivity contribution in [3.05, 3.63) is 0 Å². The van der Waals surface area contributed by atoms with Gasteiger partial charge in [-0.05, 0) is 18.8 Å². The number of hydrogen-bond acceptors (Lipinski definition) is 4. The zero-order chi connectivity index (χ0) is 10.6. The number of rotatable bonds is 6. The van der Waals surface area contributed by atoms with E-state index in [1.165, 1.54) is 7.11 Å². The first-order valence-electron chi connectivity index (χ1n) is 5.11. The molecular formula is C10H19NO3. The summed E-state index contributed by atoms with van der Waals surface area (Å²) in [7, 11) is 1.39. The Balaban J connectivity index is 2.04. The summed E-state index contributed by atoms with van der Waals surface area (Å²) in [6, 6.07) is 0. The van der Waals surface area contributed by atoms with Gasteiger partial charge in [-0.3, -0.25) is 4.79 Å². The molecule has 0 aromatic rings. The maximum atomic E-state index is 11.0. The molecule has 0 aromatic carbocycles. The topological polar surface area (TPSA) is 58.6 Å². The van der Waals surface area contributed by atoms with Crippen LogP contribution in [0.25, 0.3) is 0 Å². The van der Waals surface area contributed by atoms with Gasteiger partial charge >= 0.3 is 5.97 Å². The summed E-state index contributed by atoms with van der Waals surface area (Å²) in [4.78, 5) is 11.0. The highest BCUT2D eigenvalue weighted by Gasteiger charge is 2.29. The minimum atomic E-state index is -0.250. The van der Waals surface area contributed by atoms with E-state index in [9.17, 15) is 9.90 Å². The molecule has 0 spiro atoms. The van der Waals surface area contributed by atoms with E-state index in [0.717, 1.165) is 12.8 Å². The zero-order valence-electron chi connectivity index (χ0n) is 8.82. The Bertz CT molecular complexity index is 192. The van der Waals surface area contributed by atoms with Crippen molar-refractivity contribution in [2.24, 2.45) is 11.8 Å². The van der Waals surface area contributed by atoms with Crippen LogP contribution < -0.4 is 5.32 Å². The smallest absolute Gasteiger partial charge is 0.309 e. The average molecular weight is 201 g/mol. The molecular weight excluding hydrogens is 182 g/mol. The molecule has 1 rings (SSSR count). The van der Waals surface area contributed by atoms with Crippen molar-refractivity contribution in [2.45, 2.75) is 25.9 Å². The molecule has 0 aliphatic heterocycles. The summed E-state index contributed by atoms with van der Waals surface area (Å²) in [6.45, 7) is 2.95. The fraction of sp³-hybridized carbons (Fsp3) is 0.900. The Morgan fingerprint density at radius 3 is 2.71 bits per heavy atom. The zero-order valence-corrected chi connectivity index (χ0v) is 8.82. The predicted molar refractivity (Wildman–Crippen MR) is 52.8 cm³/mol. The molecule has 2 N–H and O–H groups in total. The molecule has 4 nitrogen and oxygen atoms in total. The SMILES string of the molecule is COC(=O)C(C)CNCC(O)C1CC1. The summed E-state index contributed by atoms with van der Waals surface area (Å²) in [5.74, 6) is 0.126. The van der Waals surface area contributed by atoms with Crippen molar-refractivity contribution >= 4 is 5.97 Å². The van der Waals surface area contributed by atoms with Crippen LogP contribution >= 0.6 is 0 Å². The van der Waals surface area contributed by atoms with Crippen molar-refractivity contribution in [2.75, 3.05) is 20.2 Å². The number of aliphatic hydroxyl groups is 1. The van der Waals surface area contributed by atoms with Crippen LogP contribution in [0.4, 0.5) is 0 Å². The fourth-order valence-electron chi connectivity index (χ4n) is 1.38. The lowest BCUT2D eigenvalue weighted by Gasteiger charge is -2.13. The third kappa shape index (κ3) is 3.64. The van der Waals surface area contributed by atoms with Crippen LogP contribution in [0.1, 0.15) is 19.8 Å². The highest BCUT2D eigenvalue weighted by atomic mass is 16.5. The molecule has 1 aliphatic rings. The largest absolute Gasteiger partial charge is 0.469 e. The van der Waals surface area contributed by atoms with E-state index in [0.29, 0.717) is 19.0 Å². The molecule has 0 aromatic heterocycles. The first-order chi connectivity index (χ1) is 6.65. The lowest BCUT2D eigenvalue weighted by atomic mass is 10.1. The second-order valence-corrected chi connectivity index (χ2v) is 3.99. The Hall–Kier alpha value is -0.610. The van der Waals surface area contributed by atoms with Gasteiger partial charge in [0.2, 0.25) is 0 Å². The normalized spacial score (nSPS) is 20.2. The molecule has 0 saturated heterocycles. The van der Waals surface area contributed by atoms with Crippen molar-refractivity contribution < 1.29 is 14.6 Å². The summed E-state index contributed by atoms with van der Waals surface area (Å²) in [5.41, 5.74) is 0. The van der Waals surface area contributed by atoms with Gasteiger partial charge < -0.3 is 15.2 Å². The lowest BCUT2D eigenvalue weighted by molar-refractivity contribution is -0.144. The second kappa shape index (κ2) is 5.32.